The summed E-state index contributed by atoms with van der Waals surface area (Å²) in [6, 6.07) is 12.2. The van der Waals surface area contributed by atoms with E-state index in [9.17, 15) is 18.0 Å². The molecule has 0 unspecified atom stereocenters. The molecule has 1 amide bonds. The number of benzene rings is 2. The number of hydrogen-bond donors (Lipinski definition) is 1. The molecule has 1 aliphatic heterocycles. The van der Waals surface area contributed by atoms with Crippen molar-refractivity contribution in [3.05, 3.63) is 59.1 Å². The van der Waals surface area contributed by atoms with Crippen molar-refractivity contribution in [1.82, 2.24) is 4.90 Å². The van der Waals surface area contributed by atoms with Crippen LogP contribution in [0.5, 0.6) is 0 Å². The predicted octanol–water partition coefficient (Wildman–Crippen LogP) is 4.12. The molecule has 1 N–H and O–H groups in total. The Hall–Kier alpha value is -2.25. The fourth-order valence-corrected chi connectivity index (χ4v) is 3.20. The van der Waals surface area contributed by atoms with Crippen molar-refractivity contribution in [2.24, 2.45) is 0 Å². The van der Waals surface area contributed by atoms with Gasteiger partial charge in [-0.2, -0.15) is 13.2 Å². The van der Waals surface area contributed by atoms with Gasteiger partial charge in [0.25, 0.3) is 0 Å². The summed E-state index contributed by atoms with van der Waals surface area (Å²) in [7, 11) is 0. The Morgan fingerprint density at radius 3 is 2.41 bits per heavy atom. The van der Waals surface area contributed by atoms with Gasteiger partial charge in [-0.05, 0) is 36.4 Å². The number of hydrogen-bond acceptors (Lipinski definition) is 3. The van der Waals surface area contributed by atoms with Crippen LogP contribution < -0.4 is 10.2 Å². The molecule has 0 atom stereocenters. The fourth-order valence-electron chi connectivity index (χ4n) is 3.01. The first-order chi connectivity index (χ1) is 12.8. The molecule has 8 heteroatoms. The van der Waals surface area contributed by atoms with Gasteiger partial charge < -0.3 is 10.2 Å². The molecule has 1 saturated heterocycles. The largest absolute Gasteiger partial charge is 0.416 e. The zero-order valence-electron chi connectivity index (χ0n) is 14.5. The minimum absolute atomic E-state index is 0.148. The second kappa shape index (κ2) is 8.19. The molecule has 0 bridgehead atoms. The summed E-state index contributed by atoms with van der Waals surface area (Å²) in [6.07, 6.45) is -4.35. The number of amides is 1. The molecule has 1 fully saturated rings. The van der Waals surface area contributed by atoms with Crippen LogP contribution in [0.3, 0.4) is 0 Å². The van der Waals surface area contributed by atoms with Gasteiger partial charge in [-0.15, -0.1) is 0 Å². The predicted molar refractivity (Wildman–Crippen MR) is 100 cm³/mol. The van der Waals surface area contributed by atoms with Crippen LogP contribution in [0.4, 0.5) is 24.5 Å². The van der Waals surface area contributed by atoms with Gasteiger partial charge in [-0.1, -0.05) is 23.7 Å². The lowest BCUT2D eigenvalue weighted by atomic mass is 10.1. The molecule has 4 nitrogen and oxygen atoms in total. The van der Waals surface area contributed by atoms with Gasteiger partial charge >= 0.3 is 6.18 Å². The summed E-state index contributed by atoms with van der Waals surface area (Å²) in [5, 5.41) is 3.34. The Balaban J connectivity index is 1.52. The second-order valence-electron chi connectivity index (χ2n) is 6.37. The van der Waals surface area contributed by atoms with Gasteiger partial charge in [0.1, 0.15) is 0 Å². The van der Waals surface area contributed by atoms with Crippen molar-refractivity contribution in [2.75, 3.05) is 42.9 Å². The van der Waals surface area contributed by atoms with E-state index in [1.165, 1.54) is 12.1 Å². The number of carbonyl (C=O) groups is 1. The molecule has 2 aromatic rings. The van der Waals surface area contributed by atoms with Crippen LogP contribution in [0.2, 0.25) is 5.02 Å². The van der Waals surface area contributed by atoms with E-state index >= 15 is 0 Å². The van der Waals surface area contributed by atoms with Crippen LogP contribution in [-0.4, -0.2) is 43.5 Å². The summed E-state index contributed by atoms with van der Waals surface area (Å²) >= 11 is 5.90. The summed E-state index contributed by atoms with van der Waals surface area (Å²) in [4.78, 5) is 16.0. The molecule has 1 aliphatic rings. The summed E-state index contributed by atoms with van der Waals surface area (Å²) in [5.41, 5.74) is 0.534. The lowest BCUT2D eigenvalue weighted by Gasteiger charge is -2.36. The maximum Gasteiger partial charge on any atom is 0.416 e. The number of nitrogens with one attached hydrogen (secondary N) is 1. The first-order valence-electron chi connectivity index (χ1n) is 8.51. The third kappa shape index (κ3) is 5.37. The van der Waals surface area contributed by atoms with Crippen molar-refractivity contribution in [1.29, 1.82) is 0 Å². The molecule has 3 rings (SSSR count). The zero-order valence-corrected chi connectivity index (χ0v) is 15.2. The van der Waals surface area contributed by atoms with Gasteiger partial charge in [0.2, 0.25) is 5.91 Å². The Morgan fingerprint density at radius 1 is 1.04 bits per heavy atom. The maximum atomic E-state index is 12.9. The van der Waals surface area contributed by atoms with Gasteiger partial charge in [-0.3, -0.25) is 9.69 Å². The van der Waals surface area contributed by atoms with E-state index in [-0.39, 0.29) is 12.5 Å². The van der Waals surface area contributed by atoms with E-state index < -0.39 is 11.7 Å². The van der Waals surface area contributed by atoms with Crippen molar-refractivity contribution in [3.63, 3.8) is 0 Å². The van der Waals surface area contributed by atoms with Crippen molar-refractivity contribution < 1.29 is 18.0 Å². The minimum atomic E-state index is -4.35. The zero-order chi connectivity index (χ0) is 19.4. The highest BCUT2D eigenvalue weighted by Gasteiger charge is 2.31. The van der Waals surface area contributed by atoms with E-state index in [0.29, 0.717) is 42.6 Å². The van der Waals surface area contributed by atoms with Crippen LogP contribution in [-0.2, 0) is 11.0 Å². The van der Waals surface area contributed by atoms with Gasteiger partial charge in [-0.25, -0.2) is 0 Å². The van der Waals surface area contributed by atoms with Gasteiger partial charge in [0, 0.05) is 42.6 Å². The quantitative estimate of drug-likeness (QED) is 0.843. The molecule has 1 heterocycles. The highest BCUT2D eigenvalue weighted by Crippen LogP contribution is 2.31. The number of rotatable bonds is 4. The van der Waals surface area contributed by atoms with Crippen molar-refractivity contribution >= 4 is 28.9 Å². The van der Waals surface area contributed by atoms with E-state index in [1.54, 1.807) is 30.3 Å². The van der Waals surface area contributed by atoms with E-state index in [1.807, 2.05) is 9.80 Å². The molecular weight excluding hydrogens is 379 g/mol. The summed E-state index contributed by atoms with van der Waals surface area (Å²) in [5.74, 6) is -0.148. The SMILES string of the molecule is O=C(CN1CCN(c2cccc(C(F)(F)F)c2)CC1)Nc1cccc(Cl)c1. The maximum absolute atomic E-state index is 12.9. The lowest BCUT2D eigenvalue weighted by Crippen LogP contribution is -2.48. The molecule has 0 spiro atoms. The van der Waals surface area contributed by atoms with Gasteiger partial charge in [0.05, 0.1) is 12.1 Å². The van der Waals surface area contributed by atoms with E-state index in [2.05, 4.69) is 5.32 Å². The number of carbonyl (C=O) groups excluding carboxylic acids is 1. The third-order valence-electron chi connectivity index (χ3n) is 4.39. The molecule has 27 heavy (non-hydrogen) atoms. The Kier molecular flexibility index (Phi) is 5.92. The summed E-state index contributed by atoms with van der Waals surface area (Å²) in [6.45, 7) is 2.54. The van der Waals surface area contributed by atoms with Gasteiger partial charge in [0.15, 0.2) is 0 Å². The lowest BCUT2D eigenvalue weighted by molar-refractivity contribution is -0.137. The molecule has 144 valence electrons. The normalized spacial score (nSPS) is 15.6. The number of anilines is 2. The molecule has 2 aromatic carbocycles. The second-order valence-corrected chi connectivity index (χ2v) is 6.81. The molecule has 0 aromatic heterocycles. The molecule has 0 aliphatic carbocycles. The van der Waals surface area contributed by atoms with Crippen LogP contribution >= 0.6 is 11.6 Å². The molecule has 0 radical (unpaired) electrons. The number of nitrogens with zero attached hydrogens (tertiary/aromatic N) is 2. The third-order valence-corrected chi connectivity index (χ3v) is 4.62. The average molecular weight is 398 g/mol. The van der Waals surface area contributed by atoms with Crippen LogP contribution in [0.15, 0.2) is 48.5 Å². The first kappa shape index (κ1) is 19.5. The Morgan fingerprint density at radius 2 is 1.74 bits per heavy atom. The number of halogens is 4. The van der Waals surface area contributed by atoms with Crippen molar-refractivity contribution in [3.8, 4) is 0 Å². The van der Waals surface area contributed by atoms with Crippen LogP contribution in [0.1, 0.15) is 5.56 Å². The highest BCUT2D eigenvalue weighted by molar-refractivity contribution is 6.30. The monoisotopic (exact) mass is 397 g/mol. The van der Waals surface area contributed by atoms with Crippen LogP contribution in [0.25, 0.3) is 0 Å². The Bertz CT molecular complexity index is 805. The highest BCUT2D eigenvalue weighted by atomic mass is 35.5. The summed E-state index contributed by atoms with van der Waals surface area (Å²) < 4.78 is 38.6. The average Bonchev–Trinajstić information content (AvgIpc) is 2.62. The van der Waals surface area contributed by atoms with E-state index in [0.717, 1.165) is 6.07 Å². The fraction of sp³-hybridized carbons (Fsp3) is 0.316. The minimum Gasteiger partial charge on any atom is -0.369 e. The van der Waals surface area contributed by atoms with Crippen LogP contribution in [0, 0.1) is 0 Å². The molecular formula is C19H19ClF3N3O. The Labute approximate surface area is 160 Å². The van der Waals surface area contributed by atoms with E-state index in [4.69, 9.17) is 11.6 Å². The topological polar surface area (TPSA) is 35.6 Å². The standard InChI is InChI=1S/C19H19ClF3N3O/c20-15-4-2-5-16(12-15)24-18(27)13-25-7-9-26(10-8-25)17-6-1-3-14(11-17)19(21,22)23/h1-6,11-12H,7-10,13H2,(H,24,27). The first-order valence-corrected chi connectivity index (χ1v) is 8.89. The van der Waals surface area contributed by atoms with Crippen molar-refractivity contribution in [2.45, 2.75) is 6.18 Å². The molecule has 0 saturated carbocycles. The number of piperazine rings is 1. The number of alkyl halides is 3. The smallest absolute Gasteiger partial charge is 0.369 e.